The molecule has 0 aliphatic carbocycles. The molecule has 0 aromatic carbocycles. The van der Waals surface area contributed by atoms with Crippen LogP contribution >= 0.6 is 0 Å². The Labute approximate surface area is 107 Å². The topological polar surface area (TPSA) is 29.1 Å². The van der Waals surface area contributed by atoms with Crippen molar-refractivity contribution in [2.45, 2.75) is 72.3 Å². The molecule has 0 fully saturated rings. The van der Waals surface area contributed by atoms with Gasteiger partial charge in [-0.05, 0) is 32.6 Å². The number of carbonyl (C=O) groups is 1. The number of unbranched alkanes of at least 4 members (excludes halogenated alkanes) is 1. The first-order chi connectivity index (χ1) is 8.06. The van der Waals surface area contributed by atoms with Gasteiger partial charge in [-0.15, -0.1) is 11.8 Å². The average molecular weight is 237 g/mol. The van der Waals surface area contributed by atoms with Gasteiger partial charge in [0.25, 0.3) is 0 Å². The molecule has 0 spiro atoms. The first-order valence-electron chi connectivity index (χ1n) is 6.75. The molecule has 98 valence electrons. The van der Waals surface area contributed by atoms with Gasteiger partial charge in [0.2, 0.25) is 5.91 Å². The van der Waals surface area contributed by atoms with Crippen molar-refractivity contribution in [3.8, 4) is 11.8 Å². The lowest BCUT2D eigenvalue weighted by atomic mass is 10.0. The second kappa shape index (κ2) is 10.2. The minimum atomic E-state index is 0.167. The molecule has 0 rings (SSSR count). The summed E-state index contributed by atoms with van der Waals surface area (Å²) in [5.41, 5.74) is 0. The third-order valence-corrected chi connectivity index (χ3v) is 2.71. The normalized spacial score (nSPS) is 11.8. The van der Waals surface area contributed by atoms with E-state index in [9.17, 15) is 4.79 Å². The maximum absolute atomic E-state index is 11.6. The van der Waals surface area contributed by atoms with Crippen molar-refractivity contribution in [3.63, 3.8) is 0 Å². The van der Waals surface area contributed by atoms with E-state index in [1.165, 1.54) is 12.8 Å². The number of carbonyl (C=O) groups excluding carboxylic acids is 1. The van der Waals surface area contributed by atoms with Crippen LogP contribution in [0.2, 0.25) is 0 Å². The molecule has 1 N–H and O–H groups in total. The molecule has 0 saturated heterocycles. The molecule has 2 heteroatoms. The first kappa shape index (κ1) is 16.0. The highest BCUT2D eigenvalue weighted by atomic mass is 16.1. The van der Waals surface area contributed by atoms with E-state index in [1.807, 2.05) is 6.92 Å². The summed E-state index contributed by atoms with van der Waals surface area (Å²) < 4.78 is 0. The van der Waals surface area contributed by atoms with Crippen molar-refractivity contribution in [2.75, 3.05) is 0 Å². The largest absolute Gasteiger partial charge is 0.354 e. The summed E-state index contributed by atoms with van der Waals surface area (Å²) in [6, 6.07) is 0.304. The van der Waals surface area contributed by atoms with Gasteiger partial charge in [0.05, 0.1) is 0 Å². The predicted molar refractivity (Wildman–Crippen MR) is 73.6 cm³/mol. The van der Waals surface area contributed by atoms with E-state index in [0.717, 1.165) is 25.2 Å². The van der Waals surface area contributed by atoms with E-state index in [2.05, 4.69) is 37.9 Å². The Morgan fingerprint density at radius 3 is 2.47 bits per heavy atom. The third kappa shape index (κ3) is 11.3. The Kier molecular flexibility index (Phi) is 9.62. The summed E-state index contributed by atoms with van der Waals surface area (Å²) in [4.78, 5) is 11.6. The molecule has 1 unspecified atom stereocenters. The van der Waals surface area contributed by atoms with Gasteiger partial charge in [-0.2, -0.15) is 0 Å². The maximum atomic E-state index is 11.6. The highest BCUT2D eigenvalue weighted by Gasteiger charge is 2.06. The Morgan fingerprint density at radius 1 is 1.18 bits per heavy atom. The molecule has 1 atom stereocenters. The molecule has 0 radical (unpaired) electrons. The van der Waals surface area contributed by atoms with Gasteiger partial charge in [0.1, 0.15) is 0 Å². The zero-order valence-electron chi connectivity index (χ0n) is 11.8. The van der Waals surface area contributed by atoms with Crippen molar-refractivity contribution in [2.24, 2.45) is 5.92 Å². The molecule has 0 heterocycles. The summed E-state index contributed by atoms with van der Waals surface area (Å²) in [5, 5.41) is 3.04. The molecule has 0 bridgehead atoms. The van der Waals surface area contributed by atoms with Crippen LogP contribution in [0.25, 0.3) is 0 Å². The van der Waals surface area contributed by atoms with Crippen LogP contribution in [0.3, 0.4) is 0 Å². The van der Waals surface area contributed by atoms with Gasteiger partial charge in [-0.25, -0.2) is 0 Å². The lowest BCUT2D eigenvalue weighted by Gasteiger charge is -2.14. The molecule has 0 aromatic heterocycles. The van der Waals surface area contributed by atoms with Crippen LogP contribution in [0.4, 0.5) is 0 Å². The Hall–Kier alpha value is -0.970. The molecule has 17 heavy (non-hydrogen) atoms. The van der Waals surface area contributed by atoms with Crippen LogP contribution in [0.5, 0.6) is 0 Å². The molecular weight excluding hydrogens is 210 g/mol. The fraction of sp³-hybridized carbons (Fsp3) is 0.800. The summed E-state index contributed by atoms with van der Waals surface area (Å²) >= 11 is 0. The highest BCUT2D eigenvalue weighted by molar-refractivity contribution is 5.76. The average Bonchev–Trinajstić information content (AvgIpc) is 2.23. The number of nitrogens with one attached hydrogen (secondary N) is 1. The summed E-state index contributed by atoms with van der Waals surface area (Å²) in [5.74, 6) is 6.73. The fourth-order valence-corrected chi connectivity index (χ4v) is 1.71. The lowest BCUT2D eigenvalue weighted by molar-refractivity contribution is -0.121. The van der Waals surface area contributed by atoms with Crippen molar-refractivity contribution in [1.29, 1.82) is 0 Å². The van der Waals surface area contributed by atoms with Gasteiger partial charge in [0, 0.05) is 18.9 Å². The molecule has 0 aliphatic heterocycles. The maximum Gasteiger partial charge on any atom is 0.220 e. The minimum absolute atomic E-state index is 0.167. The highest BCUT2D eigenvalue weighted by Crippen LogP contribution is 2.08. The Bertz CT molecular complexity index is 260. The van der Waals surface area contributed by atoms with E-state index in [4.69, 9.17) is 0 Å². The SMILES string of the molecule is CC#CCCCC(=O)NC(C)CCCC(C)C. The first-order valence-corrected chi connectivity index (χ1v) is 6.75. The molecule has 2 nitrogen and oxygen atoms in total. The molecular formula is C15H27NO. The van der Waals surface area contributed by atoms with Crippen LogP contribution in [0, 0.1) is 17.8 Å². The van der Waals surface area contributed by atoms with Crippen LogP contribution in [-0.2, 0) is 4.79 Å². The number of hydrogen-bond acceptors (Lipinski definition) is 1. The Morgan fingerprint density at radius 2 is 1.88 bits per heavy atom. The zero-order chi connectivity index (χ0) is 13.1. The second-order valence-corrected chi connectivity index (χ2v) is 5.07. The van der Waals surface area contributed by atoms with Gasteiger partial charge in [-0.1, -0.05) is 26.7 Å². The van der Waals surface area contributed by atoms with E-state index in [0.29, 0.717) is 12.5 Å². The van der Waals surface area contributed by atoms with Crippen molar-refractivity contribution >= 4 is 5.91 Å². The molecule has 0 saturated carbocycles. The van der Waals surface area contributed by atoms with E-state index in [1.54, 1.807) is 0 Å². The van der Waals surface area contributed by atoms with E-state index in [-0.39, 0.29) is 5.91 Å². The monoisotopic (exact) mass is 237 g/mol. The quantitative estimate of drug-likeness (QED) is 0.508. The van der Waals surface area contributed by atoms with Crippen molar-refractivity contribution < 1.29 is 4.79 Å². The van der Waals surface area contributed by atoms with Crippen LogP contribution < -0.4 is 5.32 Å². The van der Waals surface area contributed by atoms with Gasteiger partial charge in [0.15, 0.2) is 0 Å². The van der Waals surface area contributed by atoms with Crippen LogP contribution in [-0.4, -0.2) is 11.9 Å². The smallest absolute Gasteiger partial charge is 0.220 e. The minimum Gasteiger partial charge on any atom is -0.354 e. The number of amides is 1. The Balaban J connectivity index is 3.54. The third-order valence-electron chi connectivity index (χ3n) is 2.71. The predicted octanol–water partition coefficient (Wildman–Crippen LogP) is 3.51. The standard InChI is InChI=1S/C15H27NO/c1-5-6-7-8-12-15(17)16-14(4)11-9-10-13(2)3/h13-14H,7-12H2,1-4H3,(H,16,17). The molecule has 0 aromatic rings. The van der Waals surface area contributed by atoms with Gasteiger partial charge in [-0.3, -0.25) is 4.79 Å². The van der Waals surface area contributed by atoms with Crippen molar-refractivity contribution in [1.82, 2.24) is 5.32 Å². The molecule has 0 aliphatic rings. The number of hydrogen-bond donors (Lipinski definition) is 1. The van der Waals surface area contributed by atoms with Gasteiger partial charge < -0.3 is 5.32 Å². The van der Waals surface area contributed by atoms with Crippen molar-refractivity contribution in [3.05, 3.63) is 0 Å². The van der Waals surface area contributed by atoms with Crippen LogP contribution in [0.15, 0.2) is 0 Å². The second-order valence-electron chi connectivity index (χ2n) is 5.07. The summed E-state index contributed by atoms with van der Waals surface area (Å²) in [7, 11) is 0. The molecule has 1 amide bonds. The van der Waals surface area contributed by atoms with E-state index >= 15 is 0 Å². The summed E-state index contributed by atoms with van der Waals surface area (Å²) in [6.45, 7) is 8.39. The zero-order valence-corrected chi connectivity index (χ0v) is 11.8. The van der Waals surface area contributed by atoms with Gasteiger partial charge >= 0.3 is 0 Å². The lowest BCUT2D eigenvalue weighted by Crippen LogP contribution is -2.32. The van der Waals surface area contributed by atoms with Crippen LogP contribution in [0.1, 0.15) is 66.2 Å². The summed E-state index contributed by atoms with van der Waals surface area (Å²) in [6.07, 6.45) is 5.81. The van der Waals surface area contributed by atoms with E-state index < -0.39 is 0 Å². The number of rotatable bonds is 8. The fourth-order valence-electron chi connectivity index (χ4n) is 1.71.